The predicted octanol–water partition coefficient (Wildman–Crippen LogP) is 3.20. The van der Waals surface area contributed by atoms with Crippen LogP contribution in [0.25, 0.3) is 10.2 Å². The number of aryl methyl sites for hydroxylation is 1. The van der Waals surface area contributed by atoms with Gasteiger partial charge in [-0.15, -0.1) is 0 Å². The van der Waals surface area contributed by atoms with E-state index in [4.69, 9.17) is 5.73 Å². The lowest BCUT2D eigenvalue weighted by molar-refractivity contribution is -0.114. The van der Waals surface area contributed by atoms with Crippen LogP contribution in [0.3, 0.4) is 0 Å². The third-order valence-electron chi connectivity index (χ3n) is 3.81. The van der Waals surface area contributed by atoms with Crippen molar-refractivity contribution in [1.29, 1.82) is 0 Å². The Bertz CT molecular complexity index is 1000. The maximum atomic E-state index is 12.7. The number of nitrogens with two attached hydrogens (primary N) is 1. The SMILES string of the molecule is Cc1ccc2nc(N3N=C(c4ccccc4)/C(=C\N)C3=O)sc2c1. The lowest BCUT2D eigenvalue weighted by Crippen LogP contribution is -2.21. The third kappa shape index (κ3) is 2.28. The highest BCUT2D eigenvalue weighted by Gasteiger charge is 2.33. The number of carbonyl (C=O) groups is 1. The highest BCUT2D eigenvalue weighted by molar-refractivity contribution is 7.22. The van der Waals surface area contributed by atoms with Crippen LogP contribution in [0.1, 0.15) is 11.1 Å². The topological polar surface area (TPSA) is 71.6 Å². The van der Waals surface area contributed by atoms with Crippen LogP contribution in [0.2, 0.25) is 0 Å². The fourth-order valence-electron chi connectivity index (χ4n) is 2.61. The normalized spacial score (nSPS) is 16.2. The van der Waals surface area contributed by atoms with Crippen LogP contribution in [0.4, 0.5) is 5.13 Å². The van der Waals surface area contributed by atoms with Gasteiger partial charge in [0.1, 0.15) is 5.71 Å². The fourth-order valence-corrected chi connectivity index (χ4v) is 3.63. The number of hydrogen-bond acceptors (Lipinski definition) is 5. The van der Waals surface area contributed by atoms with Crippen molar-refractivity contribution in [3.63, 3.8) is 0 Å². The number of anilines is 1. The highest BCUT2D eigenvalue weighted by Crippen LogP contribution is 2.33. The van der Waals surface area contributed by atoms with Gasteiger partial charge in [-0.25, -0.2) is 4.98 Å². The Kier molecular flexibility index (Phi) is 3.39. The first kappa shape index (κ1) is 14.6. The van der Waals surface area contributed by atoms with E-state index < -0.39 is 0 Å². The van der Waals surface area contributed by atoms with Gasteiger partial charge in [-0.3, -0.25) is 4.79 Å². The van der Waals surface area contributed by atoms with Gasteiger partial charge in [0.2, 0.25) is 5.13 Å². The van der Waals surface area contributed by atoms with Crippen molar-refractivity contribution in [3.05, 3.63) is 71.4 Å². The summed E-state index contributed by atoms with van der Waals surface area (Å²) in [6.07, 6.45) is 1.31. The first-order chi connectivity index (χ1) is 11.7. The van der Waals surface area contributed by atoms with Gasteiger partial charge < -0.3 is 5.73 Å². The molecule has 3 aromatic rings. The monoisotopic (exact) mass is 334 g/mol. The number of carbonyl (C=O) groups excluding carboxylic acids is 1. The maximum Gasteiger partial charge on any atom is 0.284 e. The summed E-state index contributed by atoms with van der Waals surface area (Å²) in [5, 5.41) is 6.36. The number of fused-ring (bicyclic) bond motifs is 1. The summed E-state index contributed by atoms with van der Waals surface area (Å²) in [7, 11) is 0. The lowest BCUT2D eigenvalue weighted by atomic mass is 10.0. The molecule has 0 radical (unpaired) electrons. The number of benzene rings is 2. The minimum absolute atomic E-state index is 0.257. The van der Waals surface area contributed by atoms with Gasteiger partial charge in [-0.2, -0.15) is 10.1 Å². The molecule has 1 aliphatic rings. The zero-order valence-corrected chi connectivity index (χ0v) is 13.7. The van der Waals surface area contributed by atoms with Crippen LogP contribution in [-0.2, 0) is 4.79 Å². The molecular formula is C18H14N4OS. The second-order valence-electron chi connectivity index (χ2n) is 5.48. The summed E-state index contributed by atoms with van der Waals surface area (Å²) in [6.45, 7) is 2.03. The average molecular weight is 334 g/mol. The van der Waals surface area contributed by atoms with Crippen LogP contribution in [0.5, 0.6) is 0 Å². The van der Waals surface area contributed by atoms with E-state index in [1.165, 1.54) is 22.5 Å². The second kappa shape index (κ2) is 5.58. The highest BCUT2D eigenvalue weighted by atomic mass is 32.1. The molecule has 5 nitrogen and oxygen atoms in total. The number of nitrogens with zero attached hydrogens (tertiary/aromatic N) is 3. The van der Waals surface area contributed by atoms with Crippen LogP contribution >= 0.6 is 11.3 Å². The molecule has 0 unspecified atom stereocenters. The summed E-state index contributed by atoms with van der Waals surface area (Å²) >= 11 is 1.44. The van der Waals surface area contributed by atoms with Crippen molar-refractivity contribution in [3.8, 4) is 0 Å². The number of amides is 1. The molecule has 1 amide bonds. The van der Waals surface area contributed by atoms with Crippen molar-refractivity contribution >= 4 is 38.3 Å². The summed E-state index contributed by atoms with van der Waals surface area (Å²) in [5.74, 6) is -0.257. The molecule has 2 aromatic carbocycles. The van der Waals surface area contributed by atoms with Crippen molar-refractivity contribution in [1.82, 2.24) is 4.98 Å². The first-order valence-corrected chi connectivity index (χ1v) is 8.27. The molecule has 0 aliphatic carbocycles. The third-order valence-corrected chi connectivity index (χ3v) is 4.80. The smallest absolute Gasteiger partial charge is 0.284 e. The summed E-state index contributed by atoms with van der Waals surface area (Å²) in [4.78, 5) is 17.2. The number of hydrazone groups is 1. The molecule has 1 aromatic heterocycles. The number of thiazole rings is 1. The van der Waals surface area contributed by atoms with Gasteiger partial charge in [0.25, 0.3) is 5.91 Å². The largest absolute Gasteiger partial charge is 0.404 e. The molecule has 0 saturated heterocycles. The van der Waals surface area contributed by atoms with E-state index in [0.717, 1.165) is 21.3 Å². The van der Waals surface area contributed by atoms with E-state index in [2.05, 4.69) is 16.2 Å². The Morgan fingerprint density at radius 2 is 1.96 bits per heavy atom. The molecule has 6 heteroatoms. The summed E-state index contributed by atoms with van der Waals surface area (Å²) < 4.78 is 1.03. The van der Waals surface area contributed by atoms with E-state index in [1.54, 1.807) is 0 Å². The van der Waals surface area contributed by atoms with Crippen LogP contribution in [0, 0.1) is 6.92 Å². The van der Waals surface area contributed by atoms with Gasteiger partial charge in [0, 0.05) is 11.8 Å². The molecular weight excluding hydrogens is 320 g/mol. The quantitative estimate of drug-likeness (QED) is 0.732. The molecule has 0 atom stereocenters. The lowest BCUT2D eigenvalue weighted by Gasteiger charge is -2.05. The summed E-state index contributed by atoms with van der Waals surface area (Å²) in [6, 6.07) is 15.5. The van der Waals surface area contributed by atoms with E-state index >= 15 is 0 Å². The van der Waals surface area contributed by atoms with Crippen molar-refractivity contribution in [2.45, 2.75) is 6.92 Å². The molecule has 0 spiro atoms. The molecule has 0 saturated carbocycles. The predicted molar refractivity (Wildman–Crippen MR) is 97.1 cm³/mol. The Morgan fingerprint density at radius 1 is 1.17 bits per heavy atom. The molecule has 1 aliphatic heterocycles. The van der Waals surface area contributed by atoms with Gasteiger partial charge in [0.05, 0.1) is 15.8 Å². The molecule has 4 rings (SSSR count). The Balaban J connectivity index is 1.82. The van der Waals surface area contributed by atoms with Crippen LogP contribution in [-0.4, -0.2) is 16.6 Å². The number of rotatable bonds is 2. The van der Waals surface area contributed by atoms with Gasteiger partial charge in [-0.05, 0) is 24.6 Å². The van der Waals surface area contributed by atoms with E-state index in [9.17, 15) is 4.79 Å². The van der Waals surface area contributed by atoms with Gasteiger partial charge in [0.15, 0.2) is 0 Å². The average Bonchev–Trinajstić information content (AvgIpc) is 3.15. The van der Waals surface area contributed by atoms with Crippen molar-refractivity contribution < 1.29 is 4.79 Å². The standard InChI is InChI=1S/C18H14N4OS/c1-11-7-8-14-15(9-11)24-18(20-14)22-17(23)13(10-19)16(21-22)12-5-3-2-4-6-12/h2-10H,19H2,1H3/b13-10+. The minimum atomic E-state index is -0.257. The minimum Gasteiger partial charge on any atom is -0.404 e. The maximum absolute atomic E-state index is 12.7. The molecule has 2 heterocycles. The molecule has 0 bridgehead atoms. The molecule has 2 N–H and O–H groups in total. The zero-order valence-electron chi connectivity index (χ0n) is 12.9. The van der Waals surface area contributed by atoms with Crippen LogP contribution < -0.4 is 10.7 Å². The second-order valence-corrected chi connectivity index (χ2v) is 6.49. The number of hydrogen-bond donors (Lipinski definition) is 1. The van der Waals surface area contributed by atoms with E-state index in [1.807, 2.05) is 49.4 Å². The van der Waals surface area contributed by atoms with Crippen LogP contribution in [0.15, 0.2) is 65.4 Å². The van der Waals surface area contributed by atoms with E-state index in [0.29, 0.717) is 16.4 Å². The first-order valence-electron chi connectivity index (χ1n) is 7.45. The summed E-state index contributed by atoms with van der Waals surface area (Å²) in [5.41, 5.74) is 9.49. The molecule has 118 valence electrons. The Hall–Kier alpha value is -2.99. The molecule has 0 fully saturated rings. The molecule has 24 heavy (non-hydrogen) atoms. The van der Waals surface area contributed by atoms with Gasteiger partial charge in [-0.1, -0.05) is 47.7 Å². The number of aromatic nitrogens is 1. The van der Waals surface area contributed by atoms with Gasteiger partial charge >= 0.3 is 0 Å². The van der Waals surface area contributed by atoms with E-state index in [-0.39, 0.29) is 5.91 Å². The fraction of sp³-hybridized carbons (Fsp3) is 0.0556. The Morgan fingerprint density at radius 3 is 2.71 bits per heavy atom. The van der Waals surface area contributed by atoms with Crippen molar-refractivity contribution in [2.24, 2.45) is 10.8 Å². The zero-order chi connectivity index (χ0) is 16.7. The Labute approximate surface area is 142 Å². The van der Waals surface area contributed by atoms with Crippen molar-refractivity contribution in [2.75, 3.05) is 5.01 Å².